The number of nitrogens with one attached hydrogen (secondary N) is 2. The van der Waals surface area contributed by atoms with E-state index in [1.165, 1.54) is 15.5 Å². The highest BCUT2D eigenvalue weighted by molar-refractivity contribution is 5.20. The first kappa shape index (κ1) is 11.3. The van der Waals surface area contributed by atoms with Gasteiger partial charge in [0.05, 0.1) is 6.61 Å². The van der Waals surface area contributed by atoms with Crippen LogP contribution in [0.3, 0.4) is 0 Å². The minimum atomic E-state index is -1.25. The maximum Gasteiger partial charge on any atom is 0.248 e. The lowest BCUT2D eigenvalue weighted by Gasteiger charge is -2.14. The maximum atomic E-state index is 9.84. The lowest BCUT2D eigenvalue weighted by atomic mass is 10.1. The summed E-state index contributed by atoms with van der Waals surface area (Å²) in [6.07, 6.45) is -3.06. The number of aliphatic hydroxyl groups is 3. The fourth-order valence-electron chi connectivity index (χ4n) is 2.01. The van der Waals surface area contributed by atoms with Gasteiger partial charge in [-0.15, -0.1) is 0 Å². The summed E-state index contributed by atoms with van der Waals surface area (Å²) in [5.41, 5.74) is -0.0858. The van der Waals surface area contributed by atoms with Crippen LogP contribution in [0.4, 0.5) is 0 Å². The van der Waals surface area contributed by atoms with Crippen LogP contribution in [0.5, 0.6) is 0 Å². The number of aromatic nitrogens is 5. The molecule has 1 aliphatic rings. The minimum Gasteiger partial charge on any atom is -0.394 e. The highest BCUT2D eigenvalue weighted by atomic mass is 16.6. The summed E-state index contributed by atoms with van der Waals surface area (Å²) in [6.45, 7) is -0.418. The highest BCUT2D eigenvalue weighted by Gasteiger charge is 2.44. The Morgan fingerprint density at radius 1 is 1.44 bits per heavy atom. The van der Waals surface area contributed by atoms with Crippen LogP contribution in [0.1, 0.15) is 6.23 Å². The van der Waals surface area contributed by atoms with E-state index in [4.69, 9.17) is 15.3 Å². The molecule has 2 aromatic heterocycles. The number of aromatic amines is 1. The average Bonchev–Trinajstić information content (AvgIpc) is 3.00. The van der Waals surface area contributed by atoms with E-state index in [1.807, 2.05) is 0 Å². The number of aliphatic hydroxyl groups excluding tert-OH is 3. The van der Waals surface area contributed by atoms with Gasteiger partial charge in [0.1, 0.15) is 24.6 Å². The molecule has 1 aliphatic heterocycles. The Morgan fingerprint density at radius 3 is 2.83 bits per heavy atom. The number of nitrogens with zero attached hydrogens (tertiary/aromatic N) is 4. The number of fused-ring (bicyclic) bond motifs is 1. The molecule has 2 aromatic rings. The monoisotopic (exact) mass is 256 g/mol. The van der Waals surface area contributed by atoms with Crippen LogP contribution in [-0.2, 0) is 4.74 Å². The Kier molecular flexibility index (Phi) is 2.45. The Labute approximate surface area is 99.6 Å². The van der Waals surface area contributed by atoms with Crippen molar-refractivity contribution in [2.45, 2.75) is 24.5 Å². The fourth-order valence-corrected chi connectivity index (χ4v) is 2.01. The van der Waals surface area contributed by atoms with Gasteiger partial charge in [-0.25, -0.2) is 4.68 Å². The van der Waals surface area contributed by atoms with E-state index in [0.717, 1.165) is 0 Å². The number of H-pyrrole nitrogens is 1. The molecule has 0 spiro atoms. The van der Waals surface area contributed by atoms with Crippen molar-refractivity contribution in [3.8, 4) is 0 Å². The van der Waals surface area contributed by atoms with Crippen LogP contribution in [0.15, 0.2) is 6.33 Å². The second kappa shape index (κ2) is 3.88. The van der Waals surface area contributed by atoms with Gasteiger partial charge >= 0.3 is 0 Å². The minimum absolute atomic E-state index is 0.0858. The van der Waals surface area contributed by atoms with Crippen LogP contribution in [0, 0.1) is 5.41 Å². The molecule has 0 radical (unpaired) electrons. The van der Waals surface area contributed by atoms with E-state index >= 15 is 0 Å². The predicted molar refractivity (Wildman–Crippen MR) is 54.2 cm³/mol. The SMILES string of the molecule is N=c1n([C@@H]2O[C@H](CO)[C@@H](O)[C@H]2O)[nH]c2ncnn12. The summed E-state index contributed by atoms with van der Waals surface area (Å²) >= 11 is 0. The quantitative estimate of drug-likeness (QED) is 0.386. The maximum absolute atomic E-state index is 9.84. The zero-order valence-electron chi connectivity index (χ0n) is 9.13. The number of rotatable bonds is 2. The second-order valence-electron chi connectivity index (χ2n) is 4.03. The highest BCUT2D eigenvalue weighted by Crippen LogP contribution is 2.27. The third-order valence-corrected chi connectivity index (χ3v) is 2.97. The summed E-state index contributed by atoms with van der Waals surface area (Å²) in [7, 11) is 0. The Hall–Kier alpha value is -1.75. The van der Waals surface area contributed by atoms with Gasteiger partial charge in [0.25, 0.3) is 0 Å². The van der Waals surface area contributed by atoms with E-state index < -0.39 is 31.1 Å². The van der Waals surface area contributed by atoms with Crippen LogP contribution in [0.25, 0.3) is 5.78 Å². The summed E-state index contributed by atoms with van der Waals surface area (Å²) in [5, 5.41) is 42.8. The molecule has 1 saturated heterocycles. The van der Waals surface area contributed by atoms with Crippen molar-refractivity contribution < 1.29 is 20.1 Å². The fraction of sp³-hybridized carbons (Fsp3) is 0.625. The van der Waals surface area contributed by atoms with E-state index in [2.05, 4.69) is 15.2 Å². The van der Waals surface area contributed by atoms with Gasteiger partial charge in [-0.2, -0.15) is 14.6 Å². The number of hydrogen-bond acceptors (Lipinski definition) is 7. The Morgan fingerprint density at radius 2 is 2.22 bits per heavy atom. The Balaban J connectivity index is 2.02. The van der Waals surface area contributed by atoms with Gasteiger partial charge in [-0.3, -0.25) is 10.5 Å². The molecule has 0 amide bonds. The molecule has 1 fully saturated rings. The first-order valence-corrected chi connectivity index (χ1v) is 5.30. The topological polar surface area (TPSA) is 145 Å². The molecule has 10 heteroatoms. The van der Waals surface area contributed by atoms with Gasteiger partial charge < -0.3 is 20.1 Å². The summed E-state index contributed by atoms with van der Waals surface area (Å²) in [5.74, 6) is 0.317. The summed E-state index contributed by atoms with van der Waals surface area (Å²) in [6, 6.07) is 0. The summed E-state index contributed by atoms with van der Waals surface area (Å²) in [4.78, 5) is 3.86. The van der Waals surface area contributed by atoms with Crippen molar-refractivity contribution >= 4 is 5.78 Å². The predicted octanol–water partition coefficient (Wildman–Crippen LogP) is -3.05. The van der Waals surface area contributed by atoms with Crippen LogP contribution in [-0.4, -0.2) is 64.6 Å². The zero-order valence-corrected chi connectivity index (χ0v) is 9.13. The molecule has 0 aliphatic carbocycles. The van der Waals surface area contributed by atoms with Crippen LogP contribution < -0.4 is 5.62 Å². The van der Waals surface area contributed by atoms with Gasteiger partial charge in [0.15, 0.2) is 6.23 Å². The van der Waals surface area contributed by atoms with Crippen molar-refractivity contribution in [3.05, 3.63) is 11.9 Å². The average molecular weight is 256 g/mol. The van der Waals surface area contributed by atoms with Crippen molar-refractivity contribution in [2.75, 3.05) is 6.61 Å². The van der Waals surface area contributed by atoms with Crippen molar-refractivity contribution in [1.82, 2.24) is 24.4 Å². The normalized spacial score (nSPS) is 32.4. The molecule has 3 heterocycles. The van der Waals surface area contributed by atoms with Crippen molar-refractivity contribution in [3.63, 3.8) is 0 Å². The molecule has 4 atom stereocenters. The van der Waals surface area contributed by atoms with Crippen LogP contribution in [0.2, 0.25) is 0 Å². The van der Waals surface area contributed by atoms with E-state index in [1.54, 1.807) is 0 Å². The molecular weight excluding hydrogens is 244 g/mol. The first-order valence-electron chi connectivity index (χ1n) is 5.30. The molecule has 0 bridgehead atoms. The number of hydrogen-bond donors (Lipinski definition) is 5. The standard InChI is InChI=1S/C8H12N6O4/c9-7-13(12-8-10-2-11-14(7)8)6-5(17)4(16)3(1-15)18-6/h2-6,9,15-17H,1H2,(H,10,11,12)/t3-,4-,5-,6-/m1/s1. The summed E-state index contributed by atoms with van der Waals surface area (Å²) < 4.78 is 7.70. The molecular formula is C8H12N6O4. The van der Waals surface area contributed by atoms with E-state index in [0.29, 0.717) is 5.78 Å². The van der Waals surface area contributed by atoms with Gasteiger partial charge in [0, 0.05) is 0 Å². The second-order valence-corrected chi connectivity index (χ2v) is 4.03. The van der Waals surface area contributed by atoms with Crippen molar-refractivity contribution in [1.29, 1.82) is 5.41 Å². The molecule has 0 aromatic carbocycles. The molecule has 0 unspecified atom stereocenters. The smallest absolute Gasteiger partial charge is 0.248 e. The van der Waals surface area contributed by atoms with Crippen LogP contribution >= 0.6 is 0 Å². The van der Waals surface area contributed by atoms with Gasteiger partial charge in [0.2, 0.25) is 11.4 Å². The Bertz CT molecular complexity index is 616. The number of ether oxygens (including phenoxy) is 1. The lowest BCUT2D eigenvalue weighted by molar-refractivity contribution is -0.0610. The molecule has 3 rings (SSSR count). The van der Waals surface area contributed by atoms with Gasteiger partial charge in [-0.05, 0) is 0 Å². The van der Waals surface area contributed by atoms with E-state index in [-0.39, 0.29) is 5.62 Å². The van der Waals surface area contributed by atoms with E-state index in [9.17, 15) is 10.2 Å². The molecule has 98 valence electrons. The van der Waals surface area contributed by atoms with Crippen molar-refractivity contribution in [2.24, 2.45) is 0 Å². The molecule has 18 heavy (non-hydrogen) atoms. The molecule has 0 saturated carbocycles. The largest absolute Gasteiger partial charge is 0.394 e. The first-order chi connectivity index (χ1) is 8.63. The zero-order chi connectivity index (χ0) is 12.9. The lowest BCUT2D eigenvalue weighted by Crippen LogP contribution is -2.36. The molecule has 10 nitrogen and oxygen atoms in total. The molecule has 5 N–H and O–H groups in total. The third-order valence-electron chi connectivity index (χ3n) is 2.97. The van der Waals surface area contributed by atoms with Gasteiger partial charge in [-0.1, -0.05) is 0 Å². The third kappa shape index (κ3) is 1.40.